The lowest BCUT2D eigenvalue weighted by Crippen LogP contribution is -2.51. The van der Waals surface area contributed by atoms with Crippen LogP contribution in [0.15, 0.2) is 29.2 Å². The molecule has 118 valence electrons. The summed E-state index contributed by atoms with van der Waals surface area (Å²) >= 11 is 0. The minimum atomic E-state index is -4.00. The highest BCUT2D eigenvalue weighted by Crippen LogP contribution is 2.41. The lowest BCUT2D eigenvalue weighted by atomic mass is 10.1. The van der Waals surface area contributed by atoms with Crippen LogP contribution in [0.25, 0.3) is 0 Å². The zero-order valence-electron chi connectivity index (χ0n) is 10.5. The Kier molecular flexibility index (Phi) is 4.21. The molecule has 0 saturated carbocycles. The first-order valence-electron chi connectivity index (χ1n) is 5.88. The van der Waals surface area contributed by atoms with Crippen LogP contribution in [0.4, 0.5) is 17.6 Å². The van der Waals surface area contributed by atoms with Crippen molar-refractivity contribution in [3.05, 3.63) is 24.2 Å². The van der Waals surface area contributed by atoms with Crippen LogP contribution in [0.3, 0.4) is 0 Å². The number of ether oxygens (including phenoxy) is 1. The average molecular weight is 311 g/mol. The Bertz CT molecular complexity index is 497. The number of aliphatic hydroxyl groups excluding tert-OH is 2. The first kappa shape index (κ1) is 15.7. The number of nitrogens with zero attached hydrogens (tertiary/aromatic N) is 2. The van der Waals surface area contributed by atoms with Gasteiger partial charge in [-0.15, -0.1) is 0 Å². The SMILES string of the molecule is NC1=NC(O)N(C2OC(CO)C(F)C2(F)F)C=C1/C=C\F. The highest BCUT2D eigenvalue weighted by molar-refractivity contribution is 5.99. The molecule has 0 bridgehead atoms. The Labute approximate surface area is 116 Å². The Morgan fingerprint density at radius 1 is 1.52 bits per heavy atom. The molecule has 1 fully saturated rings. The molecule has 2 aliphatic rings. The minimum absolute atomic E-state index is 0.0925. The van der Waals surface area contributed by atoms with Gasteiger partial charge in [0.1, 0.15) is 11.9 Å². The van der Waals surface area contributed by atoms with E-state index in [0.29, 0.717) is 4.90 Å². The average Bonchev–Trinajstić information content (AvgIpc) is 2.65. The zero-order chi connectivity index (χ0) is 15.8. The van der Waals surface area contributed by atoms with E-state index in [1.54, 1.807) is 0 Å². The van der Waals surface area contributed by atoms with Crippen LogP contribution in [-0.2, 0) is 4.74 Å². The summed E-state index contributed by atoms with van der Waals surface area (Å²) in [6.45, 7) is -0.955. The first-order valence-corrected chi connectivity index (χ1v) is 5.88. The summed E-state index contributed by atoms with van der Waals surface area (Å²) in [4.78, 5) is 3.95. The molecule has 6 nitrogen and oxygen atoms in total. The Balaban J connectivity index is 2.33. The summed E-state index contributed by atoms with van der Waals surface area (Å²) in [6, 6.07) is 0. The van der Waals surface area contributed by atoms with E-state index in [-0.39, 0.29) is 17.7 Å². The maximum Gasteiger partial charge on any atom is 0.325 e. The van der Waals surface area contributed by atoms with Crippen LogP contribution < -0.4 is 5.73 Å². The summed E-state index contributed by atoms with van der Waals surface area (Å²) in [5.74, 6) is -4.28. The molecule has 0 amide bonds. The fourth-order valence-electron chi connectivity index (χ4n) is 2.06. The number of hydrogen-bond donors (Lipinski definition) is 3. The number of alkyl halides is 3. The van der Waals surface area contributed by atoms with Gasteiger partial charge in [-0.25, -0.2) is 13.8 Å². The van der Waals surface area contributed by atoms with Crippen LogP contribution in [0.2, 0.25) is 0 Å². The quantitative estimate of drug-likeness (QED) is 0.638. The Morgan fingerprint density at radius 3 is 2.71 bits per heavy atom. The second-order valence-corrected chi connectivity index (χ2v) is 4.47. The van der Waals surface area contributed by atoms with Crippen LogP contribution >= 0.6 is 0 Å². The molecular formula is C11H13F4N3O3. The van der Waals surface area contributed by atoms with Gasteiger partial charge in [-0.2, -0.15) is 8.78 Å². The fraction of sp³-hybridized carbons (Fsp3) is 0.545. The summed E-state index contributed by atoms with van der Waals surface area (Å²) in [7, 11) is 0. The van der Waals surface area contributed by atoms with Gasteiger partial charge in [0.05, 0.1) is 12.9 Å². The van der Waals surface area contributed by atoms with E-state index < -0.39 is 37.4 Å². The molecule has 21 heavy (non-hydrogen) atoms. The second-order valence-electron chi connectivity index (χ2n) is 4.47. The third-order valence-electron chi connectivity index (χ3n) is 3.13. The van der Waals surface area contributed by atoms with Crippen molar-refractivity contribution in [1.82, 2.24) is 4.90 Å². The lowest BCUT2D eigenvalue weighted by molar-refractivity contribution is -0.181. The molecule has 4 N–H and O–H groups in total. The number of halogens is 4. The van der Waals surface area contributed by atoms with Gasteiger partial charge in [-0.1, -0.05) is 0 Å². The van der Waals surface area contributed by atoms with E-state index in [2.05, 4.69) is 4.99 Å². The number of hydrogen-bond acceptors (Lipinski definition) is 6. The highest BCUT2D eigenvalue weighted by Gasteiger charge is 2.62. The molecule has 0 spiro atoms. The van der Waals surface area contributed by atoms with Gasteiger partial charge in [0.15, 0.2) is 6.17 Å². The molecular weight excluding hydrogens is 298 g/mol. The maximum absolute atomic E-state index is 13.8. The van der Waals surface area contributed by atoms with Crippen molar-refractivity contribution in [3.63, 3.8) is 0 Å². The normalized spacial score (nSPS) is 36.0. The van der Waals surface area contributed by atoms with Crippen molar-refractivity contribution in [1.29, 1.82) is 0 Å². The Hall–Kier alpha value is -1.65. The molecule has 0 aromatic rings. The third kappa shape index (κ3) is 2.61. The molecule has 4 atom stereocenters. The van der Waals surface area contributed by atoms with Gasteiger partial charge in [0.25, 0.3) is 0 Å². The number of amidine groups is 1. The molecule has 1 saturated heterocycles. The van der Waals surface area contributed by atoms with E-state index in [9.17, 15) is 22.7 Å². The maximum atomic E-state index is 13.8. The van der Waals surface area contributed by atoms with Crippen molar-refractivity contribution in [2.45, 2.75) is 30.8 Å². The third-order valence-corrected chi connectivity index (χ3v) is 3.13. The molecule has 2 heterocycles. The van der Waals surface area contributed by atoms with Gasteiger partial charge in [0.2, 0.25) is 12.6 Å². The van der Waals surface area contributed by atoms with E-state index in [0.717, 1.165) is 12.3 Å². The molecule has 4 unspecified atom stereocenters. The number of aliphatic hydroxyl groups is 2. The summed E-state index contributed by atoms with van der Waals surface area (Å²) in [6.07, 6.45) is -6.73. The van der Waals surface area contributed by atoms with Crippen molar-refractivity contribution < 1.29 is 32.5 Å². The largest absolute Gasteiger partial charge is 0.394 e. The van der Waals surface area contributed by atoms with Crippen molar-refractivity contribution in [3.8, 4) is 0 Å². The smallest absolute Gasteiger partial charge is 0.325 e. The highest BCUT2D eigenvalue weighted by atomic mass is 19.3. The standard InChI is InChI=1S/C11H13F4N3O3/c12-2-1-5-3-18(10(20)17-8(5)16)9-11(14,15)7(13)6(4-19)21-9/h1-3,6-7,9-10,19-20H,4H2,(H2,16,17)/b2-1-. The Morgan fingerprint density at radius 2 is 2.19 bits per heavy atom. The van der Waals surface area contributed by atoms with Gasteiger partial charge < -0.3 is 25.6 Å². The van der Waals surface area contributed by atoms with Crippen molar-refractivity contribution in [2.75, 3.05) is 6.61 Å². The lowest BCUT2D eigenvalue weighted by Gasteiger charge is -2.35. The van der Waals surface area contributed by atoms with E-state index >= 15 is 0 Å². The van der Waals surface area contributed by atoms with Crippen molar-refractivity contribution in [2.24, 2.45) is 10.7 Å². The molecule has 2 aliphatic heterocycles. The van der Waals surface area contributed by atoms with Crippen LogP contribution in [0.1, 0.15) is 0 Å². The predicted molar refractivity (Wildman–Crippen MR) is 63.4 cm³/mol. The predicted octanol–water partition coefficient (Wildman–Crippen LogP) is -0.00720. The van der Waals surface area contributed by atoms with Crippen LogP contribution in [0.5, 0.6) is 0 Å². The van der Waals surface area contributed by atoms with E-state index in [4.69, 9.17) is 15.6 Å². The molecule has 0 radical (unpaired) electrons. The zero-order valence-corrected chi connectivity index (χ0v) is 10.5. The van der Waals surface area contributed by atoms with E-state index in [1.807, 2.05) is 0 Å². The molecule has 10 heteroatoms. The first-order chi connectivity index (χ1) is 9.82. The molecule has 0 aromatic carbocycles. The van der Waals surface area contributed by atoms with Crippen molar-refractivity contribution >= 4 is 5.84 Å². The molecule has 0 aromatic heterocycles. The fourth-order valence-corrected chi connectivity index (χ4v) is 2.06. The second kappa shape index (κ2) is 5.62. The van der Waals surface area contributed by atoms with Gasteiger partial charge in [-0.3, -0.25) is 0 Å². The minimum Gasteiger partial charge on any atom is -0.394 e. The summed E-state index contributed by atoms with van der Waals surface area (Å²) < 4.78 is 58.1. The molecule has 0 aliphatic carbocycles. The summed E-state index contributed by atoms with van der Waals surface area (Å²) in [5, 5.41) is 18.5. The number of aliphatic imine (C=N–C) groups is 1. The van der Waals surface area contributed by atoms with Crippen LogP contribution in [0, 0.1) is 0 Å². The van der Waals surface area contributed by atoms with Gasteiger partial charge in [-0.05, 0) is 6.08 Å². The van der Waals surface area contributed by atoms with E-state index in [1.165, 1.54) is 0 Å². The van der Waals surface area contributed by atoms with Crippen LogP contribution in [-0.4, -0.2) is 58.3 Å². The topological polar surface area (TPSA) is 91.3 Å². The number of rotatable bonds is 3. The summed E-state index contributed by atoms with van der Waals surface area (Å²) in [5.41, 5.74) is 5.31. The molecule has 2 rings (SSSR count). The van der Waals surface area contributed by atoms with Gasteiger partial charge >= 0.3 is 5.92 Å². The number of nitrogens with two attached hydrogens (primary N) is 1. The van der Waals surface area contributed by atoms with Gasteiger partial charge in [0, 0.05) is 11.8 Å². The monoisotopic (exact) mass is 311 g/mol.